The van der Waals surface area contributed by atoms with E-state index < -0.39 is 0 Å². The second-order valence-electron chi connectivity index (χ2n) is 3.96. The molecule has 1 N–H and O–H groups in total. The third-order valence-electron chi connectivity index (χ3n) is 2.64. The molecule has 1 aromatic rings. The maximum Gasteiger partial charge on any atom is 0.0477 e. The van der Waals surface area contributed by atoms with Gasteiger partial charge in [-0.05, 0) is 32.4 Å². The van der Waals surface area contributed by atoms with E-state index >= 15 is 0 Å². The van der Waals surface area contributed by atoms with Gasteiger partial charge < -0.3 is 10.1 Å². The molecular formula is C13H21NO. The van der Waals surface area contributed by atoms with E-state index in [2.05, 4.69) is 36.5 Å². The van der Waals surface area contributed by atoms with Gasteiger partial charge in [0.05, 0.1) is 0 Å². The van der Waals surface area contributed by atoms with Crippen LogP contribution in [0.25, 0.3) is 0 Å². The molecule has 2 heteroatoms. The van der Waals surface area contributed by atoms with Crippen molar-refractivity contribution >= 4 is 0 Å². The predicted molar refractivity (Wildman–Crippen MR) is 64.2 cm³/mol. The van der Waals surface area contributed by atoms with Gasteiger partial charge in [0.25, 0.3) is 0 Å². The zero-order valence-electron chi connectivity index (χ0n) is 9.92. The lowest BCUT2D eigenvalue weighted by atomic mass is 10.0. The number of hydrogen-bond acceptors (Lipinski definition) is 2. The molecule has 0 amide bonds. The smallest absolute Gasteiger partial charge is 0.0477 e. The lowest BCUT2D eigenvalue weighted by molar-refractivity contribution is 0.184. The average molecular weight is 207 g/mol. The van der Waals surface area contributed by atoms with Gasteiger partial charge in [0.15, 0.2) is 0 Å². The highest BCUT2D eigenvalue weighted by Crippen LogP contribution is 2.08. The largest absolute Gasteiger partial charge is 0.385 e. The Morgan fingerprint density at radius 1 is 1.40 bits per heavy atom. The molecule has 0 fully saturated rings. The predicted octanol–water partition coefficient (Wildman–Crippen LogP) is 2.16. The first-order valence-corrected chi connectivity index (χ1v) is 5.48. The molecule has 1 unspecified atom stereocenters. The minimum absolute atomic E-state index is 0.506. The number of hydrogen-bond donors (Lipinski definition) is 1. The SMILES string of the molecule is CNC(CCOC)Cc1cccc(C)c1. The zero-order valence-corrected chi connectivity index (χ0v) is 9.92. The fraction of sp³-hybridized carbons (Fsp3) is 0.538. The molecule has 84 valence electrons. The normalized spacial score (nSPS) is 12.7. The lowest BCUT2D eigenvalue weighted by Gasteiger charge is -2.15. The van der Waals surface area contributed by atoms with E-state index in [0.29, 0.717) is 6.04 Å². The summed E-state index contributed by atoms with van der Waals surface area (Å²) in [5.74, 6) is 0. The van der Waals surface area contributed by atoms with Crippen LogP contribution in [0.2, 0.25) is 0 Å². The molecular weight excluding hydrogens is 186 g/mol. The summed E-state index contributed by atoms with van der Waals surface area (Å²) < 4.78 is 5.10. The van der Waals surface area contributed by atoms with Gasteiger partial charge in [-0.15, -0.1) is 0 Å². The Labute approximate surface area is 92.6 Å². The Morgan fingerprint density at radius 3 is 2.80 bits per heavy atom. The quantitative estimate of drug-likeness (QED) is 0.772. The van der Waals surface area contributed by atoms with Crippen LogP contribution in [0.1, 0.15) is 17.5 Å². The van der Waals surface area contributed by atoms with Crippen molar-refractivity contribution < 1.29 is 4.74 Å². The first-order chi connectivity index (χ1) is 7.26. The fourth-order valence-electron chi connectivity index (χ4n) is 1.73. The van der Waals surface area contributed by atoms with Gasteiger partial charge in [-0.25, -0.2) is 0 Å². The van der Waals surface area contributed by atoms with Gasteiger partial charge in [0, 0.05) is 19.8 Å². The number of methoxy groups -OCH3 is 1. The first kappa shape index (κ1) is 12.2. The Hall–Kier alpha value is -0.860. The number of aryl methyl sites for hydroxylation is 1. The topological polar surface area (TPSA) is 21.3 Å². The summed E-state index contributed by atoms with van der Waals surface area (Å²) in [7, 11) is 3.76. The van der Waals surface area contributed by atoms with Gasteiger partial charge >= 0.3 is 0 Å². The van der Waals surface area contributed by atoms with E-state index in [1.54, 1.807) is 7.11 Å². The Kier molecular flexibility index (Phi) is 5.37. The van der Waals surface area contributed by atoms with Gasteiger partial charge in [0.1, 0.15) is 0 Å². The van der Waals surface area contributed by atoms with E-state index in [1.165, 1.54) is 11.1 Å². The summed E-state index contributed by atoms with van der Waals surface area (Å²) in [5.41, 5.74) is 2.72. The molecule has 0 aromatic heterocycles. The first-order valence-electron chi connectivity index (χ1n) is 5.48. The summed E-state index contributed by atoms with van der Waals surface area (Å²) >= 11 is 0. The summed E-state index contributed by atoms with van der Waals surface area (Å²) in [6.07, 6.45) is 2.13. The van der Waals surface area contributed by atoms with Crippen molar-refractivity contribution in [1.29, 1.82) is 0 Å². The van der Waals surface area contributed by atoms with Crippen molar-refractivity contribution in [2.24, 2.45) is 0 Å². The zero-order chi connectivity index (χ0) is 11.1. The maximum atomic E-state index is 5.10. The van der Waals surface area contributed by atoms with Crippen LogP contribution in [0.15, 0.2) is 24.3 Å². The second kappa shape index (κ2) is 6.59. The molecule has 0 aliphatic rings. The van der Waals surface area contributed by atoms with Crippen LogP contribution in [0.5, 0.6) is 0 Å². The van der Waals surface area contributed by atoms with Crippen LogP contribution in [-0.4, -0.2) is 26.8 Å². The van der Waals surface area contributed by atoms with Crippen molar-refractivity contribution in [2.75, 3.05) is 20.8 Å². The Bertz CT molecular complexity index is 286. The van der Waals surface area contributed by atoms with E-state index in [-0.39, 0.29) is 0 Å². The van der Waals surface area contributed by atoms with Crippen LogP contribution in [0, 0.1) is 6.92 Å². The van der Waals surface area contributed by atoms with E-state index in [1.807, 2.05) is 7.05 Å². The molecule has 1 rings (SSSR count). The standard InChI is InChI=1S/C13H21NO/c1-11-5-4-6-12(9-11)10-13(14-2)7-8-15-3/h4-6,9,13-14H,7-8,10H2,1-3H3. The van der Waals surface area contributed by atoms with Crippen LogP contribution >= 0.6 is 0 Å². The lowest BCUT2D eigenvalue weighted by Crippen LogP contribution is -2.28. The van der Waals surface area contributed by atoms with Crippen LogP contribution in [-0.2, 0) is 11.2 Å². The number of rotatable bonds is 6. The summed E-state index contributed by atoms with van der Waals surface area (Å²) in [6.45, 7) is 2.95. The summed E-state index contributed by atoms with van der Waals surface area (Å²) in [5, 5.41) is 3.32. The Morgan fingerprint density at radius 2 is 2.20 bits per heavy atom. The molecule has 1 atom stereocenters. The molecule has 0 aliphatic heterocycles. The minimum atomic E-state index is 0.506. The highest BCUT2D eigenvalue weighted by atomic mass is 16.5. The molecule has 0 heterocycles. The highest BCUT2D eigenvalue weighted by Gasteiger charge is 2.06. The summed E-state index contributed by atoms with van der Waals surface area (Å²) in [6, 6.07) is 9.19. The number of benzene rings is 1. The second-order valence-corrected chi connectivity index (χ2v) is 3.96. The number of ether oxygens (including phenoxy) is 1. The van der Waals surface area contributed by atoms with Crippen molar-refractivity contribution in [2.45, 2.75) is 25.8 Å². The molecule has 15 heavy (non-hydrogen) atoms. The molecule has 0 saturated carbocycles. The fourth-order valence-corrected chi connectivity index (χ4v) is 1.73. The van der Waals surface area contributed by atoms with Crippen molar-refractivity contribution in [3.05, 3.63) is 35.4 Å². The number of nitrogens with one attached hydrogen (secondary N) is 1. The van der Waals surface area contributed by atoms with E-state index in [0.717, 1.165) is 19.4 Å². The molecule has 0 spiro atoms. The van der Waals surface area contributed by atoms with Gasteiger partial charge in [-0.1, -0.05) is 29.8 Å². The molecule has 0 radical (unpaired) electrons. The van der Waals surface area contributed by atoms with Crippen LogP contribution in [0.4, 0.5) is 0 Å². The molecule has 0 bridgehead atoms. The van der Waals surface area contributed by atoms with Gasteiger partial charge in [0.2, 0.25) is 0 Å². The highest BCUT2D eigenvalue weighted by molar-refractivity contribution is 5.22. The maximum absolute atomic E-state index is 5.10. The molecule has 2 nitrogen and oxygen atoms in total. The average Bonchev–Trinajstić information content (AvgIpc) is 2.24. The third kappa shape index (κ3) is 4.45. The monoisotopic (exact) mass is 207 g/mol. The van der Waals surface area contributed by atoms with Crippen molar-refractivity contribution in [3.8, 4) is 0 Å². The van der Waals surface area contributed by atoms with E-state index in [9.17, 15) is 0 Å². The Balaban J connectivity index is 2.50. The van der Waals surface area contributed by atoms with Crippen molar-refractivity contribution in [3.63, 3.8) is 0 Å². The summed E-state index contributed by atoms with van der Waals surface area (Å²) in [4.78, 5) is 0. The minimum Gasteiger partial charge on any atom is -0.385 e. The van der Waals surface area contributed by atoms with E-state index in [4.69, 9.17) is 4.74 Å². The molecule has 0 saturated heterocycles. The van der Waals surface area contributed by atoms with Crippen molar-refractivity contribution in [1.82, 2.24) is 5.32 Å². The third-order valence-corrected chi connectivity index (χ3v) is 2.64. The van der Waals surface area contributed by atoms with Gasteiger partial charge in [-0.2, -0.15) is 0 Å². The molecule has 0 aliphatic carbocycles. The van der Waals surface area contributed by atoms with Gasteiger partial charge in [-0.3, -0.25) is 0 Å². The number of likely N-dealkylation sites (N-methyl/N-ethyl adjacent to an activating group) is 1. The van der Waals surface area contributed by atoms with Crippen LogP contribution < -0.4 is 5.32 Å². The van der Waals surface area contributed by atoms with Crippen LogP contribution in [0.3, 0.4) is 0 Å². The molecule has 1 aromatic carbocycles.